The maximum absolute atomic E-state index is 12.9. The zero-order valence-corrected chi connectivity index (χ0v) is 7.05. The third-order valence-corrected chi connectivity index (χ3v) is 1.68. The molecular weight excluding hydrogens is 202 g/mol. The average molecular weight is 207 g/mol. The summed E-state index contributed by atoms with van der Waals surface area (Å²) in [5.74, 6) is -1.78. The van der Waals surface area contributed by atoms with Crippen molar-refractivity contribution < 1.29 is 18.7 Å². The normalized spacial score (nSPS) is 12.6. The van der Waals surface area contributed by atoms with Gasteiger partial charge >= 0.3 is 0 Å². The Labute approximate surface area is 77.8 Å². The van der Waals surface area contributed by atoms with Crippen molar-refractivity contribution in [2.45, 2.75) is 6.10 Å². The Kier molecular flexibility index (Phi) is 2.95. The highest BCUT2D eigenvalue weighted by Gasteiger charge is 2.18. The van der Waals surface area contributed by atoms with Crippen LogP contribution in [0.15, 0.2) is 18.2 Å². The van der Waals surface area contributed by atoms with Crippen molar-refractivity contribution >= 4 is 16.8 Å². The Morgan fingerprint density at radius 3 is 2.54 bits per heavy atom. The number of aliphatic hydroxyl groups is 1. The van der Waals surface area contributed by atoms with Crippen LogP contribution in [0.4, 0.5) is 8.78 Å². The van der Waals surface area contributed by atoms with E-state index in [2.05, 4.69) is 0 Å². The molecule has 0 aliphatic rings. The monoisotopic (exact) mass is 206 g/mol. The van der Waals surface area contributed by atoms with Crippen LogP contribution in [-0.4, -0.2) is 10.3 Å². The van der Waals surface area contributed by atoms with Gasteiger partial charge in [-0.25, -0.2) is 8.78 Å². The van der Waals surface area contributed by atoms with Gasteiger partial charge in [-0.3, -0.25) is 4.79 Å². The highest BCUT2D eigenvalue weighted by molar-refractivity contribution is 6.64. The molecule has 1 aromatic carbocycles. The maximum atomic E-state index is 12.9. The molecule has 2 nitrogen and oxygen atoms in total. The summed E-state index contributed by atoms with van der Waals surface area (Å²) in [6, 6.07) is 2.47. The highest BCUT2D eigenvalue weighted by atomic mass is 35.5. The third-order valence-electron chi connectivity index (χ3n) is 1.47. The molecule has 0 aliphatic heterocycles. The molecule has 0 amide bonds. The summed E-state index contributed by atoms with van der Waals surface area (Å²) in [6.07, 6.45) is -1.75. The van der Waals surface area contributed by atoms with Crippen LogP contribution in [-0.2, 0) is 4.79 Å². The van der Waals surface area contributed by atoms with E-state index in [1.807, 2.05) is 0 Å². The smallest absolute Gasteiger partial charge is 0.254 e. The number of carbonyl (C=O) groups excluding carboxylic acids is 1. The molecule has 0 aromatic heterocycles. The first-order chi connectivity index (χ1) is 6.02. The van der Waals surface area contributed by atoms with Gasteiger partial charge in [-0.2, -0.15) is 0 Å². The number of hydrogen-bond donors (Lipinski definition) is 1. The first kappa shape index (κ1) is 10.1. The van der Waals surface area contributed by atoms with Crippen molar-refractivity contribution in [2.75, 3.05) is 0 Å². The fourth-order valence-corrected chi connectivity index (χ4v) is 0.963. The van der Waals surface area contributed by atoms with E-state index in [1.165, 1.54) is 0 Å². The predicted octanol–water partition coefficient (Wildman–Crippen LogP) is 1.76. The number of carbonyl (C=O) groups is 1. The molecule has 0 saturated heterocycles. The number of hydrogen-bond acceptors (Lipinski definition) is 2. The van der Waals surface area contributed by atoms with E-state index in [9.17, 15) is 13.6 Å². The number of benzene rings is 1. The molecule has 1 aromatic rings. The minimum absolute atomic E-state index is 0.332. The maximum Gasteiger partial charge on any atom is 0.254 e. The van der Waals surface area contributed by atoms with E-state index in [1.54, 1.807) is 0 Å². The standard InChI is InChI=1S/C8H5ClF2O2/c9-8(13)7(12)5-2-1-4(10)3-6(5)11/h1-3,7,12H. The van der Waals surface area contributed by atoms with Crippen LogP contribution in [0.3, 0.4) is 0 Å². The molecule has 1 atom stereocenters. The van der Waals surface area contributed by atoms with Gasteiger partial charge in [0.25, 0.3) is 5.24 Å². The Hall–Kier alpha value is -1.00. The summed E-state index contributed by atoms with van der Waals surface area (Å²) in [5.41, 5.74) is -0.332. The van der Waals surface area contributed by atoms with Gasteiger partial charge in [-0.15, -0.1) is 0 Å². The molecule has 5 heteroatoms. The van der Waals surface area contributed by atoms with Crippen LogP contribution in [0.25, 0.3) is 0 Å². The van der Waals surface area contributed by atoms with Crippen molar-refractivity contribution in [3.05, 3.63) is 35.4 Å². The minimum atomic E-state index is -1.75. The number of halogens is 3. The van der Waals surface area contributed by atoms with Crippen LogP contribution < -0.4 is 0 Å². The van der Waals surface area contributed by atoms with E-state index in [-0.39, 0.29) is 5.56 Å². The Morgan fingerprint density at radius 1 is 1.46 bits per heavy atom. The predicted molar refractivity (Wildman–Crippen MR) is 42.2 cm³/mol. The molecule has 1 unspecified atom stereocenters. The van der Waals surface area contributed by atoms with E-state index in [0.29, 0.717) is 6.07 Å². The zero-order valence-electron chi connectivity index (χ0n) is 6.30. The first-order valence-electron chi connectivity index (χ1n) is 3.34. The second-order valence-electron chi connectivity index (χ2n) is 2.37. The first-order valence-corrected chi connectivity index (χ1v) is 3.72. The van der Waals surface area contributed by atoms with Gasteiger partial charge in [0.2, 0.25) is 0 Å². The summed E-state index contributed by atoms with van der Waals surface area (Å²) in [5, 5.41) is 7.92. The van der Waals surface area contributed by atoms with E-state index in [0.717, 1.165) is 12.1 Å². The fraction of sp³-hybridized carbons (Fsp3) is 0.125. The molecule has 0 spiro atoms. The van der Waals surface area contributed by atoms with Crippen molar-refractivity contribution in [1.29, 1.82) is 0 Å². The lowest BCUT2D eigenvalue weighted by molar-refractivity contribution is -0.119. The summed E-state index contributed by atoms with van der Waals surface area (Å²) in [6.45, 7) is 0. The van der Waals surface area contributed by atoms with Crippen molar-refractivity contribution in [3.8, 4) is 0 Å². The molecule has 0 fully saturated rings. The van der Waals surface area contributed by atoms with Gasteiger partial charge in [-0.1, -0.05) is 6.07 Å². The lowest BCUT2D eigenvalue weighted by Gasteiger charge is -2.06. The van der Waals surface area contributed by atoms with Crippen LogP contribution >= 0.6 is 11.6 Å². The van der Waals surface area contributed by atoms with Crippen LogP contribution in [0.5, 0.6) is 0 Å². The van der Waals surface area contributed by atoms with Gasteiger partial charge in [0.1, 0.15) is 11.6 Å². The number of aliphatic hydroxyl groups excluding tert-OH is 1. The molecule has 0 aliphatic carbocycles. The topological polar surface area (TPSA) is 37.3 Å². The lowest BCUT2D eigenvalue weighted by atomic mass is 10.1. The molecule has 0 saturated carbocycles. The molecule has 1 rings (SSSR count). The third kappa shape index (κ3) is 2.23. The Bertz CT molecular complexity index is 341. The van der Waals surface area contributed by atoms with Gasteiger partial charge in [-0.05, 0) is 17.7 Å². The van der Waals surface area contributed by atoms with Crippen molar-refractivity contribution in [2.24, 2.45) is 0 Å². The zero-order chi connectivity index (χ0) is 10.0. The molecular formula is C8H5ClF2O2. The molecule has 13 heavy (non-hydrogen) atoms. The Morgan fingerprint density at radius 2 is 2.08 bits per heavy atom. The molecule has 0 bridgehead atoms. The molecule has 0 radical (unpaired) electrons. The largest absolute Gasteiger partial charge is 0.379 e. The Balaban J connectivity index is 3.08. The van der Waals surface area contributed by atoms with Crippen LogP contribution in [0.1, 0.15) is 11.7 Å². The minimum Gasteiger partial charge on any atom is -0.379 e. The highest BCUT2D eigenvalue weighted by Crippen LogP contribution is 2.19. The molecule has 1 N–H and O–H groups in total. The second-order valence-corrected chi connectivity index (χ2v) is 2.75. The average Bonchev–Trinajstić information content (AvgIpc) is 2.03. The van der Waals surface area contributed by atoms with E-state index in [4.69, 9.17) is 16.7 Å². The summed E-state index contributed by atoms with van der Waals surface area (Å²) in [7, 11) is 0. The van der Waals surface area contributed by atoms with E-state index >= 15 is 0 Å². The summed E-state index contributed by atoms with van der Waals surface area (Å²) in [4.78, 5) is 10.4. The van der Waals surface area contributed by atoms with Gasteiger partial charge in [0.15, 0.2) is 6.10 Å². The number of rotatable bonds is 2. The summed E-state index contributed by atoms with van der Waals surface area (Å²) >= 11 is 4.93. The van der Waals surface area contributed by atoms with Gasteiger partial charge in [0, 0.05) is 11.6 Å². The van der Waals surface area contributed by atoms with E-state index < -0.39 is 23.0 Å². The lowest BCUT2D eigenvalue weighted by Crippen LogP contribution is -2.07. The quantitative estimate of drug-likeness (QED) is 0.749. The second kappa shape index (κ2) is 3.81. The summed E-state index contributed by atoms with van der Waals surface area (Å²) < 4.78 is 25.2. The van der Waals surface area contributed by atoms with Gasteiger partial charge < -0.3 is 5.11 Å². The van der Waals surface area contributed by atoms with Crippen molar-refractivity contribution in [1.82, 2.24) is 0 Å². The SMILES string of the molecule is O=C(Cl)C(O)c1ccc(F)cc1F. The van der Waals surface area contributed by atoms with Crippen LogP contribution in [0, 0.1) is 11.6 Å². The van der Waals surface area contributed by atoms with Gasteiger partial charge in [0.05, 0.1) is 0 Å². The van der Waals surface area contributed by atoms with Crippen molar-refractivity contribution in [3.63, 3.8) is 0 Å². The molecule has 70 valence electrons. The fourth-order valence-electron chi connectivity index (χ4n) is 0.846. The van der Waals surface area contributed by atoms with Crippen LogP contribution in [0.2, 0.25) is 0 Å². The molecule has 0 heterocycles.